The fraction of sp³-hybridized carbons (Fsp3) is 0.791. The zero-order valence-corrected chi connectivity index (χ0v) is 33.0. The Morgan fingerprint density at radius 1 is 0.941 bits per heavy atom. The van der Waals surface area contributed by atoms with Crippen molar-refractivity contribution in [2.24, 2.45) is 50.2 Å². The Morgan fingerprint density at radius 3 is 2.22 bits per heavy atom. The molecule has 7 atom stereocenters. The second-order valence-corrected chi connectivity index (χ2v) is 20.2. The lowest BCUT2D eigenvalue weighted by Gasteiger charge is -2.69. The predicted octanol–water partition coefficient (Wildman–Crippen LogP) is 9.28. The van der Waals surface area contributed by atoms with Crippen molar-refractivity contribution in [1.29, 1.82) is 0 Å². The van der Waals surface area contributed by atoms with Gasteiger partial charge in [-0.2, -0.15) is 0 Å². The SMILES string of the molecule is [C-]#[N+]C1=CC2(C)C3=CC(=O)C4C5CC(C)(C)CCC5(CCC(=O)OC5CCN(C(=O)OC(C)(C)C)CC5)CCC4(C)C3(C)CCC2C(C)(C)C1=O. The summed E-state index contributed by atoms with van der Waals surface area (Å²) in [5.74, 6) is -0.00410. The number of piperidine rings is 1. The van der Waals surface area contributed by atoms with E-state index in [1.807, 2.05) is 46.8 Å². The van der Waals surface area contributed by atoms with E-state index in [2.05, 4.69) is 39.5 Å². The Morgan fingerprint density at radius 2 is 1.59 bits per heavy atom. The first kappa shape index (κ1) is 37.8. The second kappa shape index (κ2) is 12.3. The average Bonchev–Trinajstić information content (AvgIpc) is 3.02. The monoisotopic (exact) mass is 702 g/mol. The molecule has 1 amide bonds. The van der Waals surface area contributed by atoms with Crippen molar-refractivity contribution in [2.75, 3.05) is 13.1 Å². The highest BCUT2D eigenvalue weighted by Gasteiger charge is 2.69. The zero-order chi connectivity index (χ0) is 37.6. The molecule has 6 rings (SSSR count). The number of hydrogen-bond donors (Lipinski definition) is 0. The molecule has 1 aliphatic heterocycles. The minimum Gasteiger partial charge on any atom is -0.462 e. The van der Waals surface area contributed by atoms with Crippen LogP contribution in [-0.2, 0) is 23.9 Å². The van der Waals surface area contributed by atoms with E-state index in [1.54, 1.807) is 4.90 Å². The molecule has 5 aliphatic carbocycles. The van der Waals surface area contributed by atoms with E-state index >= 15 is 0 Å². The Hall–Kier alpha value is -2.95. The smallest absolute Gasteiger partial charge is 0.410 e. The summed E-state index contributed by atoms with van der Waals surface area (Å²) in [5, 5.41) is 0. The molecule has 4 fully saturated rings. The summed E-state index contributed by atoms with van der Waals surface area (Å²) >= 11 is 0. The van der Waals surface area contributed by atoms with Crippen LogP contribution in [0.4, 0.5) is 4.79 Å². The van der Waals surface area contributed by atoms with Gasteiger partial charge in [-0.3, -0.25) is 9.59 Å². The van der Waals surface area contributed by atoms with Gasteiger partial charge in [-0.25, -0.2) is 9.64 Å². The van der Waals surface area contributed by atoms with Crippen molar-refractivity contribution in [3.8, 4) is 0 Å². The maximum Gasteiger partial charge on any atom is 0.410 e. The van der Waals surface area contributed by atoms with Crippen LogP contribution in [0.2, 0.25) is 0 Å². The molecule has 8 nitrogen and oxygen atoms in total. The lowest BCUT2D eigenvalue weighted by Crippen LogP contribution is -2.64. The third kappa shape index (κ3) is 6.11. The summed E-state index contributed by atoms with van der Waals surface area (Å²) in [4.78, 5) is 59.6. The summed E-state index contributed by atoms with van der Waals surface area (Å²) < 4.78 is 11.5. The number of ketones is 2. The Bertz CT molecular complexity index is 1600. The van der Waals surface area contributed by atoms with E-state index < -0.39 is 16.4 Å². The van der Waals surface area contributed by atoms with Gasteiger partial charge in [0.05, 0.1) is 6.57 Å². The van der Waals surface area contributed by atoms with Crippen LogP contribution in [0.5, 0.6) is 0 Å². The molecule has 6 aliphatic rings. The average molecular weight is 703 g/mol. The molecular formula is C43H62N2O6. The van der Waals surface area contributed by atoms with Gasteiger partial charge >= 0.3 is 12.1 Å². The standard InChI is InChI=1S/C43H62N2O6/c1-37(2,3)51-36(49)45-22-14-27(15-23-45)50-33(47)13-17-43-20-18-38(4,5)25-28(43)34-30(46)24-32-40(8)26-29(44-11)35(48)39(6,7)31(40)12-16-41(32,9)42(34,10)19-21-43/h24,26-28,31,34H,12-23,25H2,1-10H3. The van der Waals surface area contributed by atoms with Crippen molar-refractivity contribution in [3.05, 3.63) is 34.8 Å². The lowest BCUT2D eigenvalue weighted by atomic mass is 9.34. The molecule has 3 saturated carbocycles. The van der Waals surface area contributed by atoms with E-state index in [-0.39, 0.29) is 74.8 Å². The summed E-state index contributed by atoms with van der Waals surface area (Å²) in [5.41, 5.74) is -0.957. The van der Waals surface area contributed by atoms with Crippen LogP contribution in [0, 0.1) is 56.8 Å². The van der Waals surface area contributed by atoms with Gasteiger partial charge in [-0.15, -0.1) is 0 Å². The quantitative estimate of drug-likeness (QED) is 0.214. The number of ether oxygens (including phenoxy) is 2. The number of esters is 1. The molecule has 0 aromatic carbocycles. The van der Waals surface area contributed by atoms with Gasteiger partial charge in [-0.05, 0) is 112 Å². The van der Waals surface area contributed by atoms with Crippen LogP contribution in [0.1, 0.15) is 140 Å². The molecule has 0 N–H and O–H groups in total. The molecule has 280 valence electrons. The molecular weight excluding hydrogens is 640 g/mol. The number of Topliss-reactive ketones (excluding diaryl/α,β-unsaturated/α-hetero) is 1. The number of carbonyl (C=O) groups excluding carboxylic acids is 4. The van der Waals surface area contributed by atoms with E-state index in [1.165, 1.54) is 0 Å². The molecule has 0 aromatic heterocycles. The lowest BCUT2D eigenvalue weighted by molar-refractivity contribution is -0.174. The number of likely N-dealkylation sites (tertiary alicyclic amines) is 1. The Kier molecular flexibility index (Phi) is 9.12. The van der Waals surface area contributed by atoms with Gasteiger partial charge in [0.2, 0.25) is 5.70 Å². The molecule has 51 heavy (non-hydrogen) atoms. The van der Waals surface area contributed by atoms with Gasteiger partial charge < -0.3 is 19.2 Å². The van der Waals surface area contributed by atoms with E-state index in [0.29, 0.717) is 32.4 Å². The van der Waals surface area contributed by atoms with Crippen molar-refractivity contribution in [3.63, 3.8) is 0 Å². The first-order chi connectivity index (χ1) is 23.5. The van der Waals surface area contributed by atoms with Gasteiger partial charge in [0.1, 0.15) is 11.7 Å². The molecule has 0 bridgehead atoms. The largest absolute Gasteiger partial charge is 0.462 e. The minimum absolute atomic E-state index is 0.0298. The highest BCUT2D eigenvalue weighted by Crippen LogP contribution is 2.75. The molecule has 7 unspecified atom stereocenters. The third-order valence-corrected chi connectivity index (χ3v) is 15.2. The normalized spacial score (nSPS) is 38.8. The highest BCUT2D eigenvalue weighted by molar-refractivity contribution is 6.03. The van der Waals surface area contributed by atoms with E-state index in [9.17, 15) is 19.2 Å². The van der Waals surface area contributed by atoms with E-state index in [4.69, 9.17) is 16.0 Å². The summed E-state index contributed by atoms with van der Waals surface area (Å²) in [6.45, 7) is 30.0. The molecule has 0 radical (unpaired) electrons. The first-order valence-corrected chi connectivity index (χ1v) is 19.6. The van der Waals surface area contributed by atoms with Crippen LogP contribution in [0.25, 0.3) is 4.85 Å². The second-order valence-electron chi connectivity index (χ2n) is 20.2. The summed E-state index contributed by atoms with van der Waals surface area (Å²) in [7, 11) is 0. The van der Waals surface area contributed by atoms with Crippen LogP contribution in [0.3, 0.4) is 0 Å². The van der Waals surface area contributed by atoms with Crippen molar-refractivity contribution < 1.29 is 28.7 Å². The fourth-order valence-corrected chi connectivity index (χ4v) is 12.2. The number of rotatable bonds is 4. The van der Waals surface area contributed by atoms with Gasteiger partial charge in [0.15, 0.2) is 11.6 Å². The van der Waals surface area contributed by atoms with Crippen LogP contribution < -0.4 is 0 Å². The fourth-order valence-electron chi connectivity index (χ4n) is 12.2. The number of fused-ring (bicyclic) bond motifs is 7. The Balaban J connectivity index is 1.23. The summed E-state index contributed by atoms with van der Waals surface area (Å²) in [6, 6.07) is 0. The van der Waals surface area contributed by atoms with Crippen molar-refractivity contribution in [2.45, 2.75) is 152 Å². The van der Waals surface area contributed by atoms with Crippen LogP contribution >= 0.6 is 0 Å². The number of carbonyl (C=O) groups is 4. The number of hydrogen-bond acceptors (Lipinski definition) is 6. The maximum atomic E-state index is 14.8. The molecule has 0 aromatic rings. The maximum absolute atomic E-state index is 14.8. The van der Waals surface area contributed by atoms with Crippen LogP contribution in [0.15, 0.2) is 23.4 Å². The molecule has 1 heterocycles. The summed E-state index contributed by atoms with van der Waals surface area (Å²) in [6.07, 6.45) is 12.4. The number of amides is 1. The molecule has 8 heteroatoms. The predicted molar refractivity (Wildman–Crippen MR) is 196 cm³/mol. The number of allylic oxidation sites excluding steroid dienone is 4. The van der Waals surface area contributed by atoms with Crippen molar-refractivity contribution >= 4 is 23.6 Å². The van der Waals surface area contributed by atoms with Gasteiger partial charge in [0.25, 0.3) is 0 Å². The van der Waals surface area contributed by atoms with Gasteiger partial charge in [-0.1, -0.05) is 60.1 Å². The van der Waals surface area contributed by atoms with Gasteiger partial charge in [0, 0.05) is 49.1 Å². The number of nitrogens with zero attached hydrogens (tertiary/aromatic N) is 2. The first-order valence-electron chi connectivity index (χ1n) is 19.6. The highest BCUT2D eigenvalue weighted by atomic mass is 16.6. The third-order valence-electron chi connectivity index (χ3n) is 15.2. The topological polar surface area (TPSA) is 94.3 Å². The van der Waals surface area contributed by atoms with E-state index in [0.717, 1.165) is 56.9 Å². The molecule has 1 saturated heterocycles. The molecule has 0 spiro atoms. The Labute approximate surface area is 306 Å². The minimum atomic E-state index is -0.675. The zero-order valence-electron chi connectivity index (χ0n) is 33.0. The van der Waals surface area contributed by atoms with Crippen molar-refractivity contribution in [1.82, 2.24) is 4.90 Å². The van der Waals surface area contributed by atoms with Crippen LogP contribution in [-0.4, -0.2) is 53.3 Å².